The van der Waals surface area contributed by atoms with Crippen LogP contribution in [0.3, 0.4) is 0 Å². The van der Waals surface area contributed by atoms with Crippen LogP contribution in [0.15, 0.2) is 48.5 Å². The number of benzene rings is 2. The van der Waals surface area contributed by atoms with Gasteiger partial charge in [-0.05, 0) is 43.3 Å². The molecule has 0 bridgehead atoms. The maximum atomic E-state index is 11.9. The SMILES string of the molecule is CC(=O)c1ccc(NC(=O)COC(=O)CCc2nc3ccccc3s2)cc1. The molecule has 138 valence electrons. The Morgan fingerprint density at radius 3 is 2.52 bits per heavy atom. The van der Waals surface area contributed by atoms with Gasteiger partial charge in [0, 0.05) is 17.7 Å². The number of rotatable bonds is 7. The highest BCUT2D eigenvalue weighted by Crippen LogP contribution is 2.22. The summed E-state index contributed by atoms with van der Waals surface area (Å²) in [5, 5.41) is 3.48. The van der Waals surface area contributed by atoms with E-state index < -0.39 is 11.9 Å². The van der Waals surface area contributed by atoms with Gasteiger partial charge in [-0.3, -0.25) is 14.4 Å². The van der Waals surface area contributed by atoms with Gasteiger partial charge in [-0.25, -0.2) is 4.98 Å². The van der Waals surface area contributed by atoms with Crippen LogP contribution in [-0.2, 0) is 20.7 Å². The molecule has 0 fully saturated rings. The third-order valence-corrected chi connectivity index (χ3v) is 4.92. The number of fused-ring (bicyclic) bond motifs is 1. The molecule has 0 atom stereocenters. The fourth-order valence-electron chi connectivity index (χ4n) is 2.44. The number of hydrogen-bond donors (Lipinski definition) is 1. The fourth-order valence-corrected chi connectivity index (χ4v) is 3.41. The number of nitrogens with one attached hydrogen (secondary N) is 1. The number of aryl methyl sites for hydroxylation is 1. The smallest absolute Gasteiger partial charge is 0.306 e. The second-order valence-corrected chi connectivity index (χ2v) is 7.03. The molecule has 7 heteroatoms. The molecule has 3 aromatic rings. The van der Waals surface area contributed by atoms with E-state index in [1.807, 2.05) is 24.3 Å². The number of carbonyl (C=O) groups is 3. The summed E-state index contributed by atoms with van der Waals surface area (Å²) in [4.78, 5) is 39.4. The Kier molecular flexibility index (Phi) is 5.93. The third-order valence-electron chi connectivity index (χ3n) is 3.82. The zero-order chi connectivity index (χ0) is 19.2. The predicted molar refractivity (Wildman–Crippen MR) is 104 cm³/mol. The minimum atomic E-state index is -0.448. The molecule has 0 aliphatic rings. The molecule has 0 radical (unpaired) electrons. The number of hydrogen-bond acceptors (Lipinski definition) is 6. The molecule has 1 N–H and O–H groups in total. The first-order valence-corrected chi connectivity index (χ1v) is 9.24. The van der Waals surface area contributed by atoms with Crippen LogP contribution < -0.4 is 5.32 Å². The Bertz CT molecular complexity index is 946. The van der Waals surface area contributed by atoms with Crippen molar-refractivity contribution in [1.82, 2.24) is 4.98 Å². The van der Waals surface area contributed by atoms with Gasteiger partial charge in [0.1, 0.15) is 0 Å². The van der Waals surface area contributed by atoms with Crippen molar-refractivity contribution in [2.24, 2.45) is 0 Å². The van der Waals surface area contributed by atoms with Crippen molar-refractivity contribution in [3.05, 3.63) is 59.1 Å². The van der Waals surface area contributed by atoms with Crippen LogP contribution >= 0.6 is 11.3 Å². The molecule has 0 unspecified atom stereocenters. The highest BCUT2D eigenvalue weighted by molar-refractivity contribution is 7.18. The van der Waals surface area contributed by atoms with Crippen LogP contribution in [0.1, 0.15) is 28.7 Å². The average molecular weight is 382 g/mol. The first-order valence-electron chi connectivity index (χ1n) is 8.42. The van der Waals surface area contributed by atoms with Gasteiger partial charge in [0.05, 0.1) is 21.6 Å². The van der Waals surface area contributed by atoms with E-state index in [9.17, 15) is 14.4 Å². The number of para-hydroxylation sites is 1. The Hall–Kier alpha value is -3.06. The van der Waals surface area contributed by atoms with E-state index in [4.69, 9.17) is 4.74 Å². The van der Waals surface area contributed by atoms with E-state index >= 15 is 0 Å². The highest BCUT2D eigenvalue weighted by Gasteiger charge is 2.10. The molecule has 0 saturated heterocycles. The van der Waals surface area contributed by atoms with Gasteiger partial charge < -0.3 is 10.1 Å². The largest absolute Gasteiger partial charge is 0.456 e. The molecule has 1 aromatic heterocycles. The van der Waals surface area contributed by atoms with Crippen molar-refractivity contribution < 1.29 is 19.1 Å². The summed E-state index contributed by atoms with van der Waals surface area (Å²) in [6.07, 6.45) is 0.646. The normalized spacial score (nSPS) is 10.6. The maximum absolute atomic E-state index is 11.9. The van der Waals surface area contributed by atoms with Gasteiger partial charge >= 0.3 is 5.97 Å². The van der Waals surface area contributed by atoms with Gasteiger partial charge in [-0.15, -0.1) is 11.3 Å². The Labute approximate surface area is 160 Å². The van der Waals surface area contributed by atoms with Gasteiger partial charge in [0.15, 0.2) is 12.4 Å². The van der Waals surface area contributed by atoms with Crippen LogP contribution in [0.4, 0.5) is 5.69 Å². The van der Waals surface area contributed by atoms with E-state index in [2.05, 4.69) is 10.3 Å². The summed E-state index contributed by atoms with van der Waals surface area (Å²) < 4.78 is 6.09. The molecule has 0 aliphatic heterocycles. The molecule has 0 saturated carbocycles. The topological polar surface area (TPSA) is 85.4 Å². The monoisotopic (exact) mass is 382 g/mol. The van der Waals surface area contributed by atoms with Gasteiger partial charge in [-0.1, -0.05) is 12.1 Å². The van der Waals surface area contributed by atoms with Crippen molar-refractivity contribution >= 4 is 44.9 Å². The van der Waals surface area contributed by atoms with E-state index in [1.54, 1.807) is 35.6 Å². The molecule has 0 aliphatic carbocycles. The molecule has 3 rings (SSSR count). The second kappa shape index (κ2) is 8.55. The van der Waals surface area contributed by atoms with E-state index in [1.165, 1.54) is 6.92 Å². The zero-order valence-corrected chi connectivity index (χ0v) is 15.5. The minimum Gasteiger partial charge on any atom is -0.456 e. The lowest BCUT2D eigenvalue weighted by Crippen LogP contribution is -2.21. The Morgan fingerprint density at radius 1 is 1.07 bits per heavy atom. The summed E-state index contributed by atoms with van der Waals surface area (Å²) in [6, 6.07) is 14.3. The average Bonchev–Trinajstić information content (AvgIpc) is 3.08. The first-order chi connectivity index (χ1) is 13.0. The van der Waals surface area contributed by atoms with Crippen LogP contribution in [-0.4, -0.2) is 29.3 Å². The van der Waals surface area contributed by atoms with Crippen LogP contribution in [0, 0.1) is 0 Å². The molecular weight excluding hydrogens is 364 g/mol. The van der Waals surface area contributed by atoms with Gasteiger partial charge in [0.25, 0.3) is 5.91 Å². The van der Waals surface area contributed by atoms with Gasteiger partial charge in [0.2, 0.25) is 0 Å². The number of nitrogens with zero attached hydrogens (tertiary/aromatic N) is 1. The number of ether oxygens (including phenoxy) is 1. The van der Waals surface area contributed by atoms with E-state index in [0.717, 1.165) is 15.2 Å². The summed E-state index contributed by atoms with van der Waals surface area (Å²) >= 11 is 1.55. The number of esters is 1. The van der Waals surface area contributed by atoms with Crippen LogP contribution in [0.5, 0.6) is 0 Å². The van der Waals surface area contributed by atoms with E-state index in [0.29, 0.717) is 17.7 Å². The zero-order valence-electron chi connectivity index (χ0n) is 14.7. The summed E-state index contributed by atoms with van der Waals surface area (Å²) in [5.41, 5.74) is 2.02. The van der Waals surface area contributed by atoms with Crippen molar-refractivity contribution in [3.63, 3.8) is 0 Å². The summed E-state index contributed by atoms with van der Waals surface area (Å²) in [7, 11) is 0. The second-order valence-electron chi connectivity index (χ2n) is 5.92. The molecule has 27 heavy (non-hydrogen) atoms. The fraction of sp³-hybridized carbons (Fsp3) is 0.200. The lowest BCUT2D eigenvalue weighted by molar-refractivity contribution is -0.147. The lowest BCUT2D eigenvalue weighted by Gasteiger charge is -2.07. The molecule has 6 nitrogen and oxygen atoms in total. The summed E-state index contributed by atoms with van der Waals surface area (Å²) in [6.45, 7) is 1.12. The number of carbonyl (C=O) groups excluding carboxylic acids is 3. The minimum absolute atomic E-state index is 0.0464. The van der Waals surface area contributed by atoms with E-state index in [-0.39, 0.29) is 18.8 Å². The number of anilines is 1. The molecule has 1 amide bonds. The lowest BCUT2D eigenvalue weighted by atomic mass is 10.1. The number of ketones is 1. The van der Waals surface area contributed by atoms with Crippen molar-refractivity contribution in [1.29, 1.82) is 0 Å². The van der Waals surface area contributed by atoms with Crippen molar-refractivity contribution in [3.8, 4) is 0 Å². The number of amides is 1. The number of Topliss-reactive ketones (excluding diaryl/α,β-unsaturated/α-hetero) is 1. The van der Waals surface area contributed by atoms with Crippen molar-refractivity contribution in [2.45, 2.75) is 19.8 Å². The predicted octanol–water partition coefficient (Wildman–Crippen LogP) is 3.61. The van der Waals surface area contributed by atoms with Crippen LogP contribution in [0.2, 0.25) is 0 Å². The number of aromatic nitrogens is 1. The molecule has 0 spiro atoms. The Morgan fingerprint density at radius 2 is 1.81 bits per heavy atom. The highest BCUT2D eigenvalue weighted by atomic mass is 32.1. The Balaban J connectivity index is 1.42. The quantitative estimate of drug-likeness (QED) is 0.498. The third kappa shape index (κ3) is 5.21. The maximum Gasteiger partial charge on any atom is 0.306 e. The standard InChI is InChI=1S/C20H18N2O4S/c1-13(23)14-6-8-15(9-7-14)21-18(24)12-26-20(25)11-10-19-22-16-4-2-3-5-17(16)27-19/h2-9H,10-12H2,1H3,(H,21,24). The molecule has 2 aromatic carbocycles. The first kappa shape index (κ1) is 18.7. The molecule has 1 heterocycles. The molecular formula is C20H18N2O4S. The number of thiazole rings is 1. The van der Waals surface area contributed by atoms with Crippen LogP contribution in [0.25, 0.3) is 10.2 Å². The summed E-state index contributed by atoms with van der Waals surface area (Å²) in [5.74, 6) is -0.926. The van der Waals surface area contributed by atoms with Crippen molar-refractivity contribution in [2.75, 3.05) is 11.9 Å². The van der Waals surface area contributed by atoms with Gasteiger partial charge in [-0.2, -0.15) is 0 Å².